The monoisotopic (exact) mass is 399 g/mol. The molecule has 0 fully saturated rings. The molecule has 3 rings (SSSR count). The molecule has 0 unspecified atom stereocenters. The van der Waals surface area contributed by atoms with Crippen LogP contribution in [-0.2, 0) is 15.8 Å². The molecule has 4 N–H and O–H groups in total. The van der Waals surface area contributed by atoms with E-state index in [-0.39, 0.29) is 17.0 Å². The second kappa shape index (κ2) is 7.61. The molecule has 28 heavy (non-hydrogen) atoms. The Morgan fingerprint density at radius 1 is 0.893 bits per heavy atom. The van der Waals surface area contributed by atoms with Gasteiger partial charge in [-0.05, 0) is 29.3 Å². The number of carboxylic acid groups (broad SMARTS) is 1. The second-order valence-electron chi connectivity index (χ2n) is 6.12. The van der Waals surface area contributed by atoms with Crippen LogP contribution in [0.1, 0.15) is 15.9 Å². The minimum absolute atomic E-state index is 0.0348. The first kappa shape index (κ1) is 19.2. The minimum atomic E-state index is -3.85. The minimum Gasteiger partial charge on any atom is -0.507 e. The Morgan fingerprint density at radius 3 is 2.21 bits per heavy atom. The Labute approximate surface area is 161 Å². The van der Waals surface area contributed by atoms with E-state index in [1.807, 2.05) is 30.3 Å². The molecule has 0 radical (unpaired) electrons. The summed E-state index contributed by atoms with van der Waals surface area (Å²) in [5.74, 6) is -2.31. The van der Waals surface area contributed by atoms with Crippen LogP contribution in [0.2, 0.25) is 0 Å². The highest BCUT2D eigenvalue weighted by atomic mass is 32.2. The largest absolute Gasteiger partial charge is 0.507 e. The number of nitrogens with one attached hydrogen (secondary N) is 1. The number of aromatic hydroxyl groups is 2. The molecule has 0 heterocycles. The number of carboxylic acids is 1. The molecule has 3 aromatic carbocycles. The topological polar surface area (TPSA) is 124 Å². The smallest absolute Gasteiger partial charge is 0.339 e. The van der Waals surface area contributed by atoms with Gasteiger partial charge in [0.05, 0.1) is 11.4 Å². The molecule has 0 saturated heterocycles. The van der Waals surface area contributed by atoms with Crippen molar-refractivity contribution in [3.05, 3.63) is 77.9 Å². The van der Waals surface area contributed by atoms with Gasteiger partial charge in [0.25, 0.3) is 0 Å². The number of anilines is 1. The van der Waals surface area contributed by atoms with Crippen LogP contribution in [0.4, 0.5) is 5.69 Å². The van der Waals surface area contributed by atoms with Gasteiger partial charge in [0.15, 0.2) is 0 Å². The van der Waals surface area contributed by atoms with E-state index in [0.29, 0.717) is 11.1 Å². The Hall–Kier alpha value is -3.52. The summed E-state index contributed by atoms with van der Waals surface area (Å²) in [4.78, 5) is 10.9. The first-order valence-corrected chi connectivity index (χ1v) is 9.84. The Morgan fingerprint density at radius 2 is 1.61 bits per heavy atom. The van der Waals surface area contributed by atoms with Crippen molar-refractivity contribution < 1.29 is 28.5 Å². The predicted molar refractivity (Wildman–Crippen MR) is 105 cm³/mol. The highest BCUT2D eigenvalue weighted by Gasteiger charge is 2.16. The molecular weight excluding hydrogens is 382 g/mol. The quantitative estimate of drug-likeness (QED) is 0.504. The van der Waals surface area contributed by atoms with E-state index in [0.717, 1.165) is 17.7 Å². The van der Waals surface area contributed by atoms with Crippen LogP contribution in [0, 0.1) is 0 Å². The maximum Gasteiger partial charge on any atom is 0.339 e. The van der Waals surface area contributed by atoms with Crippen molar-refractivity contribution in [2.45, 2.75) is 5.75 Å². The molecule has 0 amide bonds. The predicted octanol–water partition coefficient (Wildman–Crippen LogP) is 3.40. The molecule has 0 spiro atoms. The molecule has 0 aliphatic heterocycles. The van der Waals surface area contributed by atoms with E-state index in [4.69, 9.17) is 5.11 Å². The molecule has 0 aliphatic rings. The van der Waals surface area contributed by atoms with Crippen molar-refractivity contribution in [1.29, 1.82) is 0 Å². The summed E-state index contributed by atoms with van der Waals surface area (Å²) in [6.07, 6.45) is 0. The van der Waals surface area contributed by atoms with Crippen LogP contribution in [0.5, 0.6) is 11.5 Å². The second-order valence-corrected chi connectivity index (χ2v) is 7.84. The van der Waals surface area contributed by atoms with Crippen LogP contribution in [0.3, 0.4) is 0 Å². The van der Waals surface area contributed by atoms with E-state index in [9.17, 15) is 23.4 Å². The normalized spacial score (nSPS) is 11.1. The summed E-state index contributed by atoms with van der Waals surface area (Å²) in [6, 6.07) is 17.2. The number of carbonyl (C=O) groups is 1. The van der Waals surface area contributed by atoms with Gasteiger partial charge in [-0.3, -0.25) is 4.72 Å². The molecule has 0 atom stereocenters. The average molecular weight is 399 g/mol. The third-order valence-corrected chi connectivity index (χ3v) is 5.27. The van der Waals surface area contributed by atoms with Gasteiger partial charge in [-0.15, -0.1) is 0 Å². The van der Waals surface area contributed by atoms with Crippen LogP contribution >= 0.6 is 0 Å². The fourth-order valence-corrected chi connectivity index (χ4v) is 3.92. The zero-order valence-electron chi connectivity index (χ0n) is 14.5. The van der Waals surface area contributed by atoms with Gasteiger partial charge in [0.2, 0.25) is 10.0 Å². The Bertz CT molecular complexity index is 1130. The van der Waals surface area contributed by atoms with Gasteiger partial charge in [-0.25, -0.2) is 13.2 Å². The molecule has 0 bridgehead atoms. The number of hydrogen-bond acceptors (Lipinski definition) is 5. The molecule has 144 valence electrons. The lowest BCUT2D eigenvalue weighted by molar-refractivity contribution is 0.0693. The van der Waals surface area contributed by atoms with Gasteiger partial charge in [-0.1, -0.05) is 42.5 Å². The van der Waals surface area contributed by atoms with E-state index in [2.05, 4.69) is 4.72 Å². The number of benzene rings is 3. The van der Waals surface area contributed by atoms with Crippen molar-refractivity contribution in [2.75, 3.05) is 4.72 Å². The lowest BCUT2D eigenvalue weighted by Crippen LogP contribution is -2.15. The van der Waals surface area contributed by atoms with Crippen LogP contribution in [-0.4, -0.2) is 29.7 Å². The Kier molecular flexibility index (Phi) is 5.23. The molecule has 7 nitrogen and oxygen atoms in total. The van der Waals surface area contributed by atoms with Crippen molar-refractivity contribution in [3.63, 3.8) is 0 Å². The first-order chi connectivity index (χ1) is 13.2. The summed E-state index contributed by atoms with van der Waals surface area (Å²) in [6.45, 7) is 0. The number of hydrogen-bond donors (Lipinski definition) is 4. The summed E-state index contributed by atoms with van der Waals surface area (Å²) in [7, 11) is -3.85. The lowest BCUT2D eigenvalue weighted by Gasteiger charge is -2.11. The van der Waals surface area contributed by atoms with Crippen molar-refractivity contribution >= 4 is 21.7 Å². The van der Waals surface area contributed by atoms with Gasteiger partial charge < -0.3 is 15.3 Å². The van der Waals surface area contributed by atoms with Gasteiger partial charge in [0.1, 0.15) is 17.1 Å². The number of rotatable bonds is 6. The van der Waals surface area contributed by atoms with Gasteiger partial charge in [-0.2, -0.15) is 0 Å². The zero-order chi connectivity index (χ0) is 20.3. The number of phenols is 2. The van der Waals surface area contributed by atoms with Crippen LogP contribution in [0.25, 0.3) is 11.1 Å². The van der Waals surface area contributed by atoms with Gasteiger partial charge >= 0.3 is 5.97 Å². The van der Waals surface area contributed by atoms with E-state index in [1.165, 1.54) is 12.1 Å². The standard InChI is InChI=1S/C20H17NO6S/c22-18-10-13(6-8-16(18)14-4-2-1-3-5-14)12-28(26,27)21-15-7-9-17(20(24)25)19(23)11-15/h1-11,21-23H,12H2,(H,24,25). The number of aromatic carboxylic acids is 1. The summed E-state index contributed by atoms with van der Waals surface area (Å²) in [5.41, 5.74) is 1.47. The first-order valence-electron chi connectivity index (χ1n) is 8.19. The fraction of sp³-hybridized carbons (Fsp3) is 0.0500. The maximum absolute atomic E-state index is 12.4. The zero-order valence-corrected chi connectivity index (χ0v) is 15.3. The lowest BCUT2D eigenvalue weighted by atomic mass is 10.0. The summed E-state index contributed by atoms with van der Waals surface area (Å²) < 4.78 is 27.0. The maximum atomic E-state index is 12.4. The van der Waals surface area contributed by atoms with E-state index >= 15 is 0 Å². The summed E-state index contributed by atoms with van der Waals surface area (Å²) in [5, 5.41) is 28.8. The summed E-state index contributed by atoms with van der Waals surface area (Å²) >= 11 is 0. The Balaban J connectivity index is 1.78. The molecular formula is C20H17NO6S. The van der Waals surface area contributed by atoms with Crippen LogP contribution in [0.15, 0.2) is 66.7 Å². The van der Waals surface area contributed by atoms with Crippen LogP contribution < -0.4 is 4.72 Å². The molecule has 8 heteroatoms. The third-order valence-electron chi connectivity index (χ3n) is 4.01. The molecule has 3 aromatic rings. The van der Waals surface area contributed by atoms with Gasteiger partial charge in [0, 0.05) is 11.6 Å². The van der Waals surface area contributed by atoms with Crippen molar-refractivity contribution in [2.24, 2.45) is 0 Å². The molecule has 0 saturated carbocycles. The highest BCUT2D eigenvalue weighted by molar-refractivity contribution is 7.91. The molecule has 0 aromatic heterocycles. The number of sulfonamides is 1. The van der Waals surface area contributed by atoms with E-state index < -0.39 is 27.5 Å². The van der Waals surface area contributed by atoms with Crippen molar-refractivity contribution in [1.82, 2.24) is 0 Å². The van der Waals surface area contributed by atoms with Crippen molar-refractivity contribution in [3.8, 4) is 22.6 Å². The molecule has 0 aliphatic carbocycles. The SMILES string of the molecule is O=C(O)c1ccc(NS(=O)(=O)Cc2ccc(-c3ccccc3)c(O)c2)cc1O. The fourth-order valence-electron chi connectivity index (χ4n) is 2.74. The average Bonchev–Trinajstić information content (AvgIpc) is 2.61. The number of phenolic OH excluding ortho intramolecular Hbond substituents is 1. The third kappa shape index (κ3) is 4.41. The van der Waals surface area contributed by atoms with E-state index in [1.54, 1.807) is 12.1 Å². The highest BCUT2D eigenvalue weighted by Crippen LogP contribution is 2.30.